The number of halogens is 1. The maximum Gasteiger partial charge on any atom is 0.238 e. The van der Waals surface area contributed by atoms with Crippen LogP contribution in [0.2, 0.25) is 0 Å². The summed E-state index contributed by atoms with van der Waals surface area (Å²) in [6.07, 6.45) is 3.63. The lowest BCUT2D eigenvalue weighted by Gasteiger charge is -2.20. The molecule has 1 aromatic carbocycles. The lowest BCUT2D eigenvalue weighted by Crippen LogP contribution is -2.47. The van der Waals surface area contributed by atoms with Gasteiger partial charge in [0.25, 0.3) is 0 Å². The van der Waals surface area contributed by atoms with Crippen molar-refractivity contribution in [1.82, 2.24) is 15.0 Å². The molecule has 27 heavy (non-hydrogen) atoms. The van der Waals surface area contributed by atoms with Crippen molar-refractivity contribution in [2.24, 2.45) is 5.92 Å². The first-order chi connectivity index (χ1) is 12.7. The van der Waals surface area contributed by atoms with E-state index in [0.717, 1.165) is 5.56 Å². The van der Waals surface area contributed by atoms with Crippen LogP contribution in [0, 0.1) is 11.7 Å². The Labute approximate surface area is 159 Å². The van der Waals surface area contributed by atoms with Gasteiger partial charge in [-0.15, -0.1) is 0 Å². The largest absolute Gasteiger partial charge is 0.351 e. The first-order valence-electron chi connectivity index (χ1n) is 8.66. The third kappa shape index (κ3) is 7.44. The summed E-state index contributed by atoms with van der Waals surface area (Å²) in [6.45, 7) is 4.09. The number of carbonyl (C=O) groups excluding carboxylic acids is 1. The zero-order chi connectivity index (χ0) is 19.9. The van der Waals surface area contributed by atoms with Crippen molar-refractivity contribution in [3.63, 3.8) is 0 Å². The standard InChI is InChI=1S/C19H24FN3O3S/c1-14(2)10-18(19(24)22-12-16-4-3-9-21-11-16)23-27(25,26)13-15-5-7-17(20)8-6-15/h3-9,11,14,18,23H,10,12-13H2,1-2H3,(H,22,24)/t18-/m1/s1. The molecule has 2 N–H and O–H groups in total. The Morgan fingerprint density at radius 2 is 1.85 bits per heavy atom. The first kappa shape index (κ1) is 21.0. The van der Waals surface area contributed by atoms with Crippen molar-refractivity contribution >= 4 is 15.9 Å². The van der Waals surface area contributed by atoms with E-state index in [1.165, 1.54) is 24.3 Å². The number of hydrogen-bond acceptors (Lipinski definition) is 4. The fourth-order valence-corrected chi connectivity index (χ4v) is 3.90. The number of benzene rings is 1. The number of sulfonamides is 1. The molecule has 0 aliphatic carbocycles. The van der Waals surface area contributed by atoms with E-state index < -0.39 is 27.8 Å². The minimum absolute atomic E-state index is 0.118. The number of aromatic nitrogens is 1. The van der Waals surface area contributed by atoms with Crippen LogP contribution in [-0.2, 0) is 27.1 Å². The van der Waals surface area contributed by atoms with E-state index in [9.17, 15) is 17.6 Å². The summed E-state index contributed by atoms with van der Waals surface area (Å²) in [7, 11) is -3.77. The van der Waals surface area contributed by atoms with Crippen LogP contribution in [0.25, 0.3) is 0 Å². The predicted molar refractivity (Wildman–Crippen MR) is 101 cm³/mol. The Bertz CT molecular complexity index is 840. The van der Waals surface area contributed by atoms with Crippen LogP contribution in [0.5, 0.6) is 0 Å². The highest BCUT2D eigenvalue weighted by atomic mass is 32.2. The SMILES string of the molecule is CC(C)C[C@@H](NS(=O)(=O)Cc1ccc(F)cc1)C(=O)NCc1cccnc1. The smallest absolute Gasteiger partial charge is 0.238 e. The summed E-state index contributed by atoms with van der Waals surface area (Å²) in [4.78, 5) is 16.5. The van der Waals surface area contributed by atoms with Crippen molar-refractivity contribution in [2.45, 2.75) is 38.6 Å². The van der Waals surface area contributed by atoms with Gasteiger partial charge in [0.1, 0.15) is 11.9 Å². The van der Waals surface area contributed by atoms with E-state index in [0.29, 0.717) is 12.0 Å². The van der Waals surface area contributed by atoms with Gasteiger partial charge in [-0.25, -0.2) is 17.5 Å². The van der Waals surface area contributed by atoms with Crippen LogP contribution in [0.4, 0.5) is 4.39 Å². The molecule has 1 amide bonds. The van der Waals surface area contributed by atoms with Crippen LogP contribution in [-0.4, -0.2) is 25.4 Å². The third-order valence-electron chi connectivity index (χ3n) is 3.80. The van der Waals surface area contributed by atoms with Crippen molar-refractivity contribution in [1.29, 1.82) is 0 Å². The summed E-state index contributed by atoms with van der Waals surface area (Å²) in [5.41, 5.74) is 1.27. The molecule has 0 spiro atoms. The van der Waals surface area contributed by atoms with Gasteiger partial charge in [-0.05, 0) is 41.7 Å². The Hall–Kier alpha value is -2.32. The van der Waals surface area contributed by atoms with E-state index in [2.05, 4.69) is 15.0 Å². The Morgan fingerprint density at radius 3 is 2.44 bits per heavy atom. The molecule has 0 fully saturated rings. The van der Waals surface area contributed by atoms with Gasteiger partial charge >= 0.3 is 0 Å². The average molecular weight is 393 g/mol. The Morgan fingerprint density at radius 1 is 1.15 bits per heavy atom. The summed E-state index contributed by atoms with van der Waals surface area (Å²) in [6, 6.07) is 7.94. The molecule has 1 atom stereocenters. The van der Waals surface area contributed by atoms with Gasteiger partial charge in [-0.3, -0.25) is 9.78 Å². The second kappa shape index (κ2) is 9.57. The number of rotatable bonds is 9. The van der Waals surface area contributed by atoms with Crippen LogP contribution in [0.1, 0.15) is 31.4 Å². The van der Waals surface area contributed by atoms with Crippen molar-refractivity contribution < 1.29 is 17.6 Å². The Balaban J connectivity index is 2.03. The van der Waals surface area contributed by atoms with Crippen LogP contribution < -0.4 is 10.0 Å². The molecule has 1 aromatic heterocycles. The lowest BCUT2D eigenvalue weighted by atomic mass is 10.0. The van der Waals surface area contributed by atoms with Gasteiger partial charge in [-0.1, -0.05) is 32.0 Å². The van der Waals surface area contributed by atoms with Gasteiger partial charge < -0.3 is 5.32 Å². The number of amides is 1. The molecule has 0 aliphatic rings. The normalized spacial score (nSPS) is 12.7. The van der Waals surface area contributed by atoms with Gasteiger partial charge in [0.15, 0.2) is 0 Å². The molecule has 0 saturated carbocycles. The van der Waals surface area contributed by atoms with Crippen LogP contribution in [0.3, 0.4) is 0 Å². The summed E-state index contributed by atoms with van der Waals surface area (Å²) < 4.78 is 40.4. The fraction of sp³-hybridized carbons (Fsp3) is 0.368. The van der Waals surface area contributed by atoms with Crippen molar-refractivity contribution in [3.05, 3.63) is 65.7 Å². The first-order valence-corrected chi connectivity index (χ1v) is 10.3. The highest BCUT2D eigenvalue weighted by Crippen LogP contribution is 2.11. The molecule has 1 heterocycles. The number of nitrogens with zero attached hydrogens (tertiary/aromatic N) is 1. The maximum absolute atomic E-state index is 13.0. The summed E-state index contributed by atoms with van der Waals surface area (Å²) in [5, 5.41) is 2.74. The highest BCUT2D eigenvalue weighted by Gasteiger charge is 2.25. The molecule has 2 aromatic rings. The van der Waals surface area contributed by atoms with Crippen LogP contribution in [0.15, 0.2) is 48.8 Å². The van der Waals surface area contributed by atoms with Crippen molar-refractivity contribution in [2.75, 3.05) is 0 Å². The van der Waals surface area contributed by atoms with Gasteiger partial charge in [0.05, 0.1) is 5.75 Å². The Kier molecular flexibility index (Phi) is 7.44. The molecule has 146 valence electrons. The minimum atomic E-state index is -3.77. The zero-order valence-electron chi connectivity index (χ0n) is 15.4. The highest BCUT2D eigenvalue weighted by molar-refractivity contribution is 7.88. The molecule has 2 rings (SSSR count). The summed E-state index contributed by atoms with van der Waals surface area (Å²) in [5.74, 6) is -1.03. The number of pyridine rings is 1. The van der Waals surface area contributed by atoms with Gasteiger partial charge in [0.2, 0.25) is 15.9 Å². The van der Waals surface area contributed by atoms with Crippen molar-refractivity contribution in [3.8, 4) is 0 Å². The maximum atomic E-state index is 13.0. The number of hydrogen-bond donors (Lipinski definition) is 2. The van der Waals surface area contributed by atoms with Gasteiger partial charge in [-0.2, -0.15) is 0 Å². The van der Waals surface area contributed by atoms with Crippen LogP contribution >= 0.6 is 0 Å². The molecular weight excluding hydrogens is 369 g/mol. The number of nitrogens with one attached hydrogen (secondary N) is 2. The van der Waals surface area contributed by atoms with E-state index in [1.807, 2.05) is 19.9 Å². The zero-order valence-corrected chi connectivity index (χ0v) is 16.2. The quantitative estimate of drug-likeness (QED) is 0.685. The van der Waals surface area contributed by atoms with E-state index in [4.69, 9.17) is 0 Å². The number of carbonyl (C=O) groups is 1. The minimum Gasteiger partial charge on any atom is -0.351 e. The molecule has 0 bridgehead atoms. The molecule has 6 nitrogen and oxygen atoms in total. The topological polar surface area (TPSA) is 88.2 Å². The third-order valence-corrected chi connectivity index (χ3v) is 5.16. The van der Waals surface area contributed by atoms with Gasteiger partial charge in [0, 0.05) is 18.9 Å². The predicted octanol–water partition coefficient (Wildman–Crippen LogP) is 2.37. The second-order valence-electron chi connectivity index (χ2n) is 6.76. The van der Waals surface area contributed by atoms with E-state index in [-0.39, 0.29) is 18.2 Å². The lowest BCUT2D eigenvalue weighted by molar-refractivity contribution is -0.123. The fourth-order valence-electron chi connectivity index (χ4n) is 2.55. The molecule has 0 saturated heterocycles. The molecule has 0 unspecified atom stereocenters. The average Bonchev–Trinajstić information content (AvgIpc) is 2.61. The molecule has 0 aliphatic heterocycles. The second-order valence-corrected chi connectivity index (χ2v) is 8.52. The molecule has 8 heteroatoms. The van der Waals surface area contributed by atoms with E-state index >= 15 is 0 Å². The molecule has 0 radical (unpaired) electrons. The molecular formula is C19H24FN3O3S. The van der Waals surface area contributed by atoms with E-state index in [1.54, 1.807) is 18.5 Å². The summed E-state index contributed by atoms with van der Waals surface area (Å²) >= 11 is 0. The monoisotopic (exact) mass is 393 g/mol.